The van der Waals surface area contributed by atoms with Gasteiger partial charge in [0.25, 0.3) is 11.8 Å². The third-order valence-corrected chi connectivity index (χ3v) is 4.32. The van der Waals surface area contributed by atoms with Crippen LogP contribution in [0.4, 0.5) is 5.69 Å². The van der Waals surface area contributed by atoms with Gasteiger partial charge in [-0.15, -0.1) is 0 Å². The number of nitrogens with zero attached hydrogens (tertiary/aromatic N) is 1. The van der Waals surface area contributed by atoms with Gasteiger partial charge in [0.05, 0.1) is 4.47 Å². The van der Waals surface area contributed by atoms with Crippen molar-refractivity contribution >= 4 is 33.4 Å². The molecule has 0 aliphatic rings. The molecule has 0 atom stereocenters. The van der Waals surface area contributed by atoms with E-state index in [-0.39, 0.29) is 18.4 Å². The van der Waals surface area contributed by atoms with Crippen LogP contribution in [0.1, 0.15) is 24.2 Å². The fourth-order valence-corrected chi connectivity index (χ4v) is 2.69. The maximum Gasteiger partial charge on any atom is 0.262 e. The molecular formula is C19H21BrN2O3. The summed E-state index contributed by atoms with van der Waals surface area (Å²) in [6.45, 7) is 5.13. The minimum absolute atomic E-state index is 0.0138. The highest BCUT2D eigenvalue weighted by Gasteiger charge is 2.12. The zero-order chi connectivity index (χ0) is 18.2. The van der Waals surface area contributed by atoms with E-state index in [1.165, 1.54) is 0 Å². The lowest BCUT2D eigenvalue weighted by atomic mass is 10.2. The number of carbonyl (C=O) groups is 2. The molecule has 25 heavy (non-hydrogen) atoms. The first-order valence-corrected chi connectivity index (χ1v) is 8.91. The van der Waals surface area contributed by atoms with Gasteiger partial charge in [0, 0.05) is 24.3 Å². The van der Waals surface area contributed by atoms with E-state index in [0.29, 0.717) is 30.1 Å². The second kappa shape index (κ2) is 9.22. The van der Waals surface area contributed by atoms with E-state index in [0.717, 1.165) is 4.47 Å². The van der Waals surface area contributed by atoms with Crippen molar-refractivity contribution in [3.05, 3.63) is 58.6 Å². The van der Waals surface area contributed by atoms with Crippen molar-refractivity contribution in [2.24, 2.45) is 0 Å². The van der Waals surface area contributed by atoms with Crippen molar-refractivity contribution in [1.82, 2.24) is 4.90 Å². The first kappa shape index (κ1) is 19.0. The van der Waals surface area contributed by atoms with E-state index in [1.54, 1.807) is 35.2 Å². The monoisotopic (exact) mass is 404 g/mol. The first-order chi connectivity index (χ1) is 12.0. The molecule has 0 spiro atoms. The average molecular weight is 405 g/mol. The number of ether oxygens (including phenoxy) is 1. The van der Waals surface area contributed by atoms with Crippen LogP contribution in [0.25, 0.3) is 0 Å². The molecule has 2 rings (SSSR count). The average Bonchev–Trinajstić information content (AvgIpc) is 2.62. The van der Waals surface area contributed by atoms with Crippen LogP contribution in [0.15, 0.2) is 53.0 Å². The van der Waals surface area contributed by atoms with Gasteiger partial charge in [0.1, 0.15) is 5.75 Å². The molecule has 0 saturated heterocycles. The van der Waals surface area contributed by atoms with Crippen LogP contribution >= 0.6 is 15.9 Å². The molecule has 5 nitrogen and oxygen atoms in total. The maximum atomic E-state index is 12.2. The van der Waals surface area contributed by atoms with Gasteiger partial charge in [0.2, 0.25) is 0 Å². The Morgan fingerprint density at radius 1 is 1.04 bits per heavy atom. The predicted octanol–water partition coefficient (Wildman–Crippen LogP) is 3.95. The van der Waals surface area contributed by atoms with Crippen molar-refractivity contribution < 1.29 is 14.3 Å². The fourth-order valence-electron chi connectivity index (χ4n) is 2.29. The summed E-state index contributed by atoms with van der Waals surface area (Å²) in [7, 11) is 0. The predicted molar refractivity (Wildman–Crippen MR) is 102 cm³/mol. The van der Waals surface area contributed by atoms with E-state index < -0.39 is 0 Å². The fraction of sp³-hybridized carbons (Fsp3) is 0.263. The molecule has 0 unspecified atom stereocenters. The molecule has 2 amide bonds. The summed E-state index contributed by atoms with van der Waals surface area (Å²) in [6.07, 6.45) is 0. The van der Waals surface area contributed by atoms with Crippen LogP contribution in [0.2, 0.25) is 0 Å². The topological polar surface area (TPSA) is 58.6 Å². The smallest absolute Gasteiger partial charge is 0.262 e. The van der Waals surface area contributed by atoms with Crippen LogP contribution in [0, 0.1) is 0 Å². The lowest BCUT2D eigenvalue weighted by molar-refractivity contribution is -0.118. The van der Waals surface area contributed by atoms with E-state index >= 15 is 0 Å². The van der Waals surface area contributed by atoms with Gasteiger partial charge >= 0.3 is 0 Å². The van der Waals surface area contributed by atoms with Crippen molar-refractivity contribution in [3.63, 3.8) is 0 Å². The number of carbonyl (C=O) groups excluding carboxylic acids is 2. The summed E-state index contributed by atoms with van der Waals surface area (Å²) in [4.78, 5) is 26.0. The second-order valence-electron chi connectivity index (χ2n) is 5.32. The Morgan fingerprint density at radius 3 is 2.28 bits per heavy atom. The molecule has 0 aliphatic carbocycles. The van der Waals surface area contributed by atoms with Crippen molar-refractivity contribution in [1.29, 1.82) is 0 Å². The Morgan fingerprint density at radius 2 is 1.68 bits per heavy atom. The summed E-state index contributed by atoms with van der Waals surface area (Å²) in [5.41, 5.74) is 1.22. The van der Waals surface area contributed by atoms with Gasteiger partial charge < -0.3 is 15.0 Å². The van der Waals surface area contributed by atoms with Crippen LogP contribution in [-0.4, -0.2) is 36.4 Å². The molecular weight excluding hydrogens is 384 g/mol. The quantitative estimate of drug-likeness (QED) is 0.759. The molecule has 0 heterocycles. The standard InChI is InChI=1S/C19H21BrN2O3/c1-3-22(4-2)19(24)14-9-11-15(12-10-14)21-18(23)13-25-17-8-6-5-7-16(17)20/h5-12H,3-4,13H2,1-2H3,(H,21,23). The van der Waals surface area contributed by atoms with E-state index in [1.807, 2.05) is 32.0 Å². The highest BCUT2D eigenvalue weighted by atomic mass is 79.9. The summed E-state index contributed by atoms with van der Waals surface area (Å²) < 4.78 is 6.27. The third kappa shape index (κ3) is 5.32. The van der Waals surface area contributed by atoms with Crippen molar-refractivity contribution in [3.8, 4) is 5.75 Å². The van der Waals surface area contributed by atoms with E-state index in [2.05, 4.69) is 21.2 Å². The second-order valence-corrected chi connectivity index (χ2v) is 6.18. The number of hydrogen-bond donors (Lipinski definition) is 1. The Labute approximate surface area is 156 Å². The summed E-state index contributed by atoms with van der Waals surface area (Å²) in [5.74, 6) is 0.330. The Hall–Kier alpha value is -2.34. The van der Waals surface area contributed by atoms with Gasteiger partial charge in [-0.1, -0.05) is 12.1 Å². The van der Waals surface area contributed by atoms with Gasteiger partial charge in [-0.05, 0) is 66.2 Å². The summed E-state index contributed by atoms with van der Waals surface area (Å²) >= 11 is 3.37. The van der Waals surface area contributed by atoms with Gasteiger partial charge in [-0.25, -0.2) is 0 Å². The van der Waals surface area contributed by atoms with Crippen molar-refractivity contribution in [2.75, 3.05) is 25.0 Å². The number of anilines is 1. The first-order valence-electron chi connectivity index (χ1n) is 8.11. The number of amides is 2. The SMILES string of the molecule is CCN(CC)C(=O)c1ccc(NC(=O)COc2ccccc2Br)cc1. The van der Waals surface area contributed by atoms with Gasteiger partial charge in [-0.2, -0.15) is 0 Å². The van der Waals surface area contributed by atoms with Crippen LogP contribution in [0.5, 0.6) is 5.75 Å². The Kier molecular flexibility index (Phi) is 7.01. The van der Waals surface area contributed by atoms with Gasteiger partial charge in [0.15, 0.2) is 6.61 Å². The minimum atomic E-state index is -0.265. The molecule has 132 valence electrons. The minimum Gasteiger partial charge on any atom is -0.483 e. The molecule has 1 N–H and O–H groups in total. The third-order valence-electron chi connectivity index (χ3n) is 3.66. The molecule has 2 aromatic carbocycles. The number of nitrogens with one attached hydrogen (secondary N) is 1. The number of hydrogen-bond acceptors (Lipinski definition) is 3. The van der Waals surface area contributed by atoms with Crippen LogP contribution < -0.4 is 10.1 Å². The highest BCUT2D eigenvalue weighted by Crippen LogP contribution is 2.23. The summed E-state index contributed by atoms with van der Waals surface area (Å²) in [6, 6.07) is 14.2. The molecule has 0 saturated carbocycles. The molecule has 0 aliphatic heterocycles. The lowest BCUT2D eigenvalue weighted by Crippen LogP contribution is -2.30. The van der Waals surface area contributed by atoms with Gasteiger partial charge in [-0.3, -0.25) is 9.59 Å². The Bertz CT molecular complexity index is 728. The number of para-hydroxylation sites is 1. The highest BCUT2D eigenvalue weighted by molar-refractivity contribution is 9.10. The zero-order valence-corrected chi connectivity index (χ0v) is 15.9. The molecule has 6 heteroatoms. The van der Waals surface area contributed by atoms with Crippen molar-refractivity contribution in [2.45, 2.75) is 13.8 Å². The molecule has 2 aromatic rings. The maximum absolute atomic E-state index is 12.2. The number of rotatable bonds is 7. The van der Waals surface area contributed by atoms with E-state index in [9.17, 15) is 9.59 Å². The van der Waals surface area contributed by atoms with E-state index in [4.69, 9.17) is 4.74 Å². The molecule has 0 bridgehead atoms. The van der Waals surface area contributed by atoms with Crippen LogP contribution in [0.3, 0.4) is 0 Å². The Balaban J connectivity index is 1.91. The largest absolute Gasteiger partial charge is 0.483 e. The number of halogens is 1. The zero-order valence-electron chi connectivity index (χ0n) is 14.3. The lowest BCUT2D eigenvalue weighted by Gasteiger charge is -2.18. The molecule has 0 aromatic heterocycles. The molecule has 0 fully saturated rings. The summed E-state index contributed by atoms with van der Waals surface area (Å²) in [5, 5.41) is 2.75. The van der Waals surface area contributed by atoms with Crippen LogP contribution in [-0.2, 0) is 4.79 Å². The normalized spacial score (nSPS) is 10.2. The molecule has 0 radical (unpaired) electrons. The number of benzene rings is 2.